The molecule has 0 radical (unpaired) electrons. The first kappa shape index (κ1) is 22.2. The van der Waals surface area contributed by atoms with Crippen molar-refractivity contribution in [2.75, 3.05) is 0 Å². The average molecular weight is 481 g/mol. The van der Waals surface area contributed by atoms with Crippen LogP contribution in [0.2, 0.25) is 5.02 Å². The van der Waals surface area contributed by atoms with Gasteiger partial charge in [0.2, 0.25) is 0 Å². The lowest BCUT2D eigenvalue weighted by molar-refractivity contribution is 0.0950. The summed E-state index contributed by atoms with van der Waals surface area (Å²) in [6, 6.07) is 8.31. The van der Waals surface area contributed by atoms with Crippen LogP contribution in [0.25, 0.3) is 33.3 Å². The molecule has 2 aromatic carbocycles. The fraction of sp³-hybridized carbons (Fsp3) is 0.200. The maximum Gasteiger partial charge on any atom is 0.258 e. The Labute approximate surface area is 198 Å². The molecule has 2 aromatic heterocycles. The third-order valence-corrected chi connectivity index (χ3v) is 6.33. The van der Waals surface area contributed by atoms with Crippen LogP contribution >= 0.6 is 11.6 Å². The molecule has 4 aromatic rings. The predicted molar refractivity (Wildman–Crippen MR) is 126 cm³/mol. The molecule has 0 atom stereocenters. The summed E-state index contributed by atoms with van der Waals surface area (Å²) in [6.07, 6.45) is 3.29. The molecule has 1 saturated carbocycles. The summed E-state index contributed by atoms with van der Waals surface area (Å²) in [5.74, 6) is -1.45. The number of nitrogens with zero attached hydrogens (tertiary/aromatic N) is 3. The molecule has 0 bridgehead atoms. The topological polar surface area (TPSA) is 76.9 Å². The number of halogens is 3. The summed E-state index contributed by atoms with van der Waals surface area (Å²) in [5.41, 5.74) is 1.71. The largest absolute Gasteiger partial charge is 0.349 e. The summed E-state index contributed by atoms with van der Waals surface area (Å²) >= 11 is 6.23. The van der Waals surface area contributed by atoms with Gasteiger partial charge in [-0.05, 0) is 67.3 Å². The quantitative estimate of drug-likeness (QED) is 0.455. The van der Waals surface area contributed by atoms with Gasteiger partial charge in [-0.1, -0.05) is 11.6 Å². The van der Waals surface area contributed by atoms with Gasteiger partial charge in [-0.15, -0.1) is 5.10 Å². The zero-order valence-electron chi connectivity index (χ0n) is 18.3. The second-order valence-corrected chi connectivity index (χ2v) is 8.83. The zero-order valence-corrected chi connectivity index (χ0v) is 19.1. The van der Waals surface area contributed by atoms with Crippen LogP contribution in [0.4, 0.5) is 8.78 Å². The first-order chi connectivity index (χ1) is 16.2. The van der Waals surface area contributed by atoms with E-state index in [0.29, 0.717) is 27.7 Å². The average Bonchev–Trinajstić information content (AvgIpc) is 3.61. The Bertz CT molecular complexity index is 1550. The van der Waals surface area contributed by atoms with Crippen LogP contribution in [0, 0.1) is 18.6 Å². The van der Waals surface area contributed by atoms with E-state index in [4.69, 9.17) is 11.6 Å². The van der Waals surface area contributed by atoms with Gasteiger partial charge in [0, 0.05) is 35.2 Å². The standard InChI is InChI=1S/C25H19ClF2N4O2/c1-12-18(7-13(9-21(12)28)24(33)30-16-4-5-16)19-8-14-11-29-31-22(23(14)32(2)25(19)34)17-6-3-15(27)10-20(17)26/h3,6-11,16H,4-5H2,1-2H3,(H,30,33). The lowest BCUT2D eigenvalue weighted by Gasteiger charge is -2.15. The molecule has 1 fully saturated rings. The lowest BCUT2D eigenvalue weighted by atomic mass is 9.96. The predicted octanol–water partition coefficient (Wildman–Crippen LogP) is 4.79. The lowest BCUT2D eigenvalue weighted by Crippen LogP contribution is -2.26. The molecule has 5 rings (SSSR count). The number of carbonyl (C=O) groups excluding carboxylic acids is 1. The summed E-state index contributed by atoms with van der Waals surface area (Å²) in [4.78, 5) is 26.0. The highest BCUT2D eigenvalue weighted by Gasteiger charge is 2.25. The fourth-order valence-corrected chi connectivity index (χ4v) is 4.25. The summed E-state index contributed by atoms with van der Waals surface area (Å²) < 4.78 is 29.7. The second-order valence-electron chi connectivity index (χ2n) is 8.42. The smallest absolute Gasteiger partial charge is 0.258 e. The molecule has 1 aliphatic carbocycles. The monoisotopic (exact) mass is 480 g/mol. The minimum Gasteiger partial charge on any atom is -0.349 e. The first-order valence-corrected chi connectivity index (χ1v) is 11.0. The van der Waals surface area contributed by atoms with Gasteiger partial charge in [0.1, 0.15) is 17.3 Å². The Morgan fingerprint density at radius 3 is 2.59 bits per heavy atom. The highest BCUT2D eigenvalue weighted by atomic mass is 35.5. The molecule has 1 N–H and O–H groups in total. The summed E-state index contributed by atoms with van der Waals surface area (Å²) in [7, 11) is 1.56. The van der Waals surface area contributed by atoms with Crippen molar-refractivity contribution in [2.24, 2.45) is 7.05 Å². The summed E-state index contributed by atoms with van der Waals surface area (Å²) in [5, 5.41) is 11.7. The van der Waals surface area contributed by atoms with Gasteiger partial charge >= 0.3 is 0 Å². The fourth-order valence-electron chi connectivity index (χ4n) is 3.99. The van der Waals surface area contributed by atoms with Crippen LogP contribution in [0.1, 0.15) is 28.8 Å². The molecule has 1 amide bonds. The van der Waals surface area contributed by atoms with E-state index in [1.54, 1.807) is 20.0 Å². The van der Waals surface area contributed by atoms with Gasteiger partial charge in [-0.25, -0.2) is 8.78 Å². The van der Waals surface area contributed by atoms with Gasteiger partial charge in [0.25, 0.3) is 11.5 Å². The third kappa shape index (κ3) is 3.84. The molecular weight excluding hydrogens is 462 g/mol. The Hall–Kier alpha value is -3.65. The second kappa shape index (κ2) is 8.29. The third-order valence-electron chi connectivity index (χ3n) is 6.02. The molecule has 34 heavy (non-hydrogen) atoms. The molecule has 9 heteroatoms. The number of carbonyl (C=O) groups is 1. The Balaban J connectivity index is 1.71. The number of fused-ring (bicyclic) bond motifs is 1. The molecule has 0 aliphatic heterocycles. The number of nitrogens with one attached hydrogen (secondary N) is 1. The minimum absolute atomic E-state index is 0.115. The molecule has 172 valence electrons. The normalized spacial score (nSPS) is 13.3. The molecule has 0 spiro atoms. The molecule has 1 aliphatic rings. The van der Waals surface area contributed by atoms with Crippen molar-refractivity contribution in [1.82, 2.24) is 20.1 Å². The number of pyridine rings is 1. The van der Waals surface area contributed by atoms with E-state index in [0.717, 1.165) is 18.9 Å². The van der Waals surface area contributed by atoms with Gasteiger partial charge in [0.15, 0.2) is 0 Å². The Kier molecular flexibility index (Phi) is 5.40. The Morgan fingerprint density at radius 2 is 1.88 bits per heavy atom. The van der Waals surface area contributed by atoms with Gasteiger partial charge in [-0.2, -0.15) is 5.10 Å². The van der Waals surface area contributed by atoms with Crippen LogP contribution in [0.3, 0.4) is 0 Å². The van der Waals surface area contributed by atoms with E-state index in [9.17, 15) is 18.4 Å². The van der Waals surface area contributed by atoms with Crippen molar-refractivity contribution in [1.29, 1.82) is 0 Å². The first-order valence-electron chi connectivity index (χ1n) is 10.7. The van der Waals surface area contributed by atoms with Crippen LogP contribution in [-0.2, 0) is 7.05 Å². The van der Waals surface area contributed by atoms with Crippen molar-refractivity contribution >= 4 is 28.4 Å². The van der Waals surface area contributed by atoms with Gasteiger partial charge in [-0.3, -0.25) is 9.59 Å². The van der Waals surface area contributed by atoms with Crippen LogP contribution < -0.4 is 10.9 Å². The van der Waals surface area contributed by atoms with Crippen molar-refractivity contribution in [2.45, 2.75) is 25.8 Å². The van der Waals surface area contributed by atoms with Gasteiger partial charge < -0.3 is 9.88 Å². The number of hydrogen-bond donors (Lipinski definition) is 1. The number of hydrogen-bond acceptors (Lipinski definition) is 4. The number of rotatable bonds is 4. The molecule has 6 nitrogen and oxygen atoms in total. The van der Waals surface area contributed by atoms with Crippen LogP contribution in [-0.4, -0.2) is 26.7 Å². The maximum absolute atomic E-state index is 14.8. The highest BCUT2D eigenvalue weighted by molar-refractivity contribution is 6.33. The van der Waals surface area contributed by atoms with Crippen LogP contribution in [0.5, 0.6) is 0 Å². The minimum atomic E-state index is -0.577. The van der Waals surface area contributed by atoms with Crippen molar-refractivity contribution in [3.8, 4) is 22.4 Å². The number of amides is 1. The van der Waals surface area contributed by atoms with E-state index >= 15 is 0 Å². The van der Waals surface area contributed by atoms with E-state index in [-0.39, 0.29) is 33.7 Å². The number of benzene rings is 2. The molecule has 0 saturated heterocycles. The van der Waals surface area contributed by atoms with E-state index < -0.39 is 17.2 Å². The van der Waals surface area contributed by atoms with Gasteiger partial charge in [0.05, 0.1) is 16.7 Å². The maximum atomic E-state index is 14.8. The molecular formula is C25H19ClF2N4O2. The van der Waals surface area contributed by atoms with Crippen molar-refractivity contribution in [3.05, 3.63) is 80.7 Å². The summed E-state index contributed by atoms with van der Waals surface area (Å²) in [6.45, 7) is 1.56. The molecule has 2 heterocycles. The van der Waals surface area contributed by atoms with E-state index in [1.165, 1.54) is 35.0 Å². The highest BCUT2D eigenvalue weighted by Crippen LogP contribution is 2.33. The SMILES string of the molecule is Cc1c(F)cc(C(=O)NC2CC2)cc1-c1cc2cnnc(-c3ccc(F)cc3Cl)c2n(C)c1=O. The zero-order chi connectivity index (χ0) is 24.1. The van der Waals surface area contributed by atoms with E-state index in [2.05, 4.69) is 15.5 Å². The number of aryl methyl sites for hydroxylation is 1. The van der Waals surface area contributed by atoms with Crippen LogP contribution in [0.15, 0.2) is 47.4 Å². The van der Waals surface area contributed by atoms with Crippen molar-refractivity contribution < 1.29 is 13.6 Å². The Morgan fingerprint density at radius 1 is 1.12 bits per heavy atom. The number of aromatic nitrogens is 3. The molecule has 0 unspecified atom stereocenters. The van der Waals surface area contributed by atoms with E-state index in [1.807, 2.05) is 0 Å². The van der Waals surface area contributed by atoms with Crippen molar-refractivity contribution in [3.63, 3.8) is 0 Å².